The van der Waals surface area contributed by atoms with Gasteiger partial charge in [0.1, 0.15) is 9.88 Å². The maximum absolute atomic E-state index is 12.7. The molecule has 8 heteroatoms. The van der Waals surface area contributed by atoms with E-state index >= 15 is 0 Å². The lowest BCUT2D eigenvalue weighted by Gasteiger charge is -2.13. The highest BCUT2D eigenvalue weighted by Crippen LogP contribution is 2.22. The Morgan fingerprint density at radius 1 is 1.25 bits per heavy atom. The van der Waals surface area contributed by atoms with Gasteiger partial charge in [-0.2, -0.15) is 5.10 Å². The molecule has 0 unspecified atom stereocenters. The van der Waals surface area contributed by atoms with Crippen LogP contribution in [0.4, 0.5) is 0 Å². The molecule has 1 fully saturated rings. The molecular weight excluding hydrogens is 372 g/mol. The van der Waals surface area contributed by atoms with Crippen LogP contribution >= 0.6 is 11.3 Å². The van der Waals surface area contributed by atoms with Crippen LogP contribution in [-0.4, -0.2) is 43.6 Å². The molecule has 1 aliphatic rings. The summed E-state index contributed by atoms with van der Waals surface area (Å²) in [4.78, 5) is 24.5. The number of likely N-dealkylation sites (tertiary alicyclic amines) is 1. The third kappa shape index (κ3) is 3.98. The van der Waals surface area contributed by atoms with E-state index in [2.05, 4.69) is 25.3 Å². The lowest BCUT2D eigenvalue weighted by molar-refractivity contribution is 0.0943. The second kappa shape index (κ2) is 8.20. The first-order valence-corrected chi connectivity index (χ1v) is 10.4. The van der Waals surface area contributed by atoms with E-state index in [9.17, 15) is 4.79 Å². The molecule has 1 saturated heterocycles. The maximum Gasteiger partial charge on any atom is 0.263 e. The largest absolute Gasteiger partial charge is 0.345 e. The van der Waals surface area contributed by atoms with Crippen molar-refractivity contribution in [2.24, 2.45) is 0 Å². The van der Waals surface area contributed by atoms with Crippen LogP contribution in [0.1, 0.15) is 51.7 Å². The molecule has 1 amide bonds. The average molecular weight is 397 g/mol. The number of thiazole rings is 1. The second-order valence-corrected chi connectivity index (χ2v) is 8.20. The van der Waals surface area contributed by atoms with Gasteiger partial charge >= 0.3 is 0 Å². The third-order valence-corrected chi connectivity index (χ3v) is 6.04. The van der Waals surface area contributed by atoms with E-state index in [0.29, 0.717) is 4.88 Å². The van der Waals surface area contributed by atoms with E-state index in [4.69, 9.17) is 0 Å². The number of rotatable bonds is 6. The molecule has 1 N–H and O–H groups in total. The molecule has 146 valence electrons. The predicted octanol–water partition coefficient (Wildman–Crippen LogP) is 3.12. The summed E-state index contributed by atoms with van der Waals surface area (Å²) in [6.07, 6.45) is 7.72. The summed E-state index contributed by atoms with van der Waals surface area (Å²) in [5, 5.41) is 8.50. The first-order chi connectivity index (χ1) is 13.6. The fraction of sp³-hybridized carbons (Fsp3) is 0.400. The molecule has 0 saturated carbocycles. The van der Waals surface area contributed by atoms with Crippen LogP contribution in [0.5, 0.6) is 0 Å². The van der Waals surface area contributed by atoms with Crippen molar-refractivity contribution >= 4 is 17.2 Å². The molecule has 3 aromatic heterocycles. The zero-order chi connectivity index (χ0) is 19.5. The molecule has 1 atom stereocenters. The van der Waals surface area contributed by atoms with Crippen LogP contribution < -0.4 is 5.32 Å². The molecule has 28 heavy (non-hydrogen) atoms. The van der Waals surface area contributed by atoms with Gasteiger partial charge in [0.05, 0.1) is 25.0 Å². The number of pyridine rings is 1. The van der Waals surface area contributed by atoms with Gasteiger partial charge in [0.15, 0.2) is 5.82 Å². The summed E-state index contributed by atoms with van der Waals surface area (Å²) < 4.78 is 1.79. The summed E-state index contributed by atoms with van der Waals surface area (Å²) in [5.41, 5.74) is 1.94. The van der Waals surface area contributed by atoms with Crippen molar-refractivity contribution in [2.45, 2.75) is 39.3 Å². The van der Waals surface area contributed by atoms with Gasteiger partial charge in [-0.15, -0.1) is 11.3 Å². The van der Waals surface area contributed by atoms with Crippen molar-refractivity contribution in [2.75, 3.05) is 13.1 Å². The maximum atomic E-state index is 12.7. The molecule has 1 aliphatic heterocycles. The van der Waals surface area contributed by atoms with Crippen LogP contribution in [0, 0.1) is 6.92 Å². The molecule has 3 aromatic rings. The Morgan fingerprint density at radius 3 is 2.82 bits per heavy atom. The molecule has 7 nitrogen and oxygen atoms in total. The quantitative estimate of drug-likeness (QED) is 0.693. The smallest absolute Gasteiger partial charge is 0.263 e. The Bertz CT molecular complexity index is 945. The van der Waals surface area contributed by atoms with Crippen molar-refractivity contribution < 1.29 is 4.79 Å². The van der Waals surface area contributed by atoms with Gasteiger partial charge in [-0.05, 0) is 51.9 Å². The Hall–Kier alpha value is -2.58. The van der Waals surface area contributed by atoms with Gasteiger partial charge in [-0.1, -0.05) is 6.07 Å². The minimum atomic E-state index is -0.158. The van der Waals surface area contributed by atoms with E-state index in [-0.39, 0.29) is 11.9 Å². The van der Waals surface area contributed by atoms with E-state index in [1.165, 1.54) is 24.2 Å². The van der Waals surface area contributed by atoms with Gasteiger partial charge < -0.3 is 5.32 Å². The van der Waals surface area contributed by atoms with Crippen molar-refractivity contribution in [3.05, 3.63) is 57.9 Å². The van der Waals surface area contributed by atoms with Crippen molar-refractivity contribution in [3.63, 3.8) is 0 Å². The van der Waals surface area contributed by atoms with Crippen LogP contribution in [0.15, 0.2) is 36.8 Å². The lowest BCUT2D eigenvalue weighted by Crippen LogP contribution is -2.26. The van der Waals surface area contributed by atoms with E-state index < -0.39 is 0 Å². The highest BCUT2D eigenvalue weighted by atomic mass is 32.1. The zero-order valence-corrected chi connectivity index (χ0v) is 16.9. The van der Waals surface area contributed by atoms with E-state index in [1.807, 2.05) is 32.0 Å². The Labute approximate surface area is 168 Å². The number of hydrogen-bond donors (Lipinski definition) is 1. The van der Waals surface area contributed by atoms with Crippen LogP contribution in [0.2, 0.25) is 0 Å². The Balaban J connectivity index is 1.42. The molecule has 0 aromatic carbocycles. The Morgan fingerprint density at radius 2 is 2.07 bits per heavy atom. The number of hydrogen-bond acceptors (Lipinski definition) is 6. The molecule has 0 radical (unpaired) electrons. The molecular formula is C20H24N6OS. The van der Waals surface area contributed by atoms with Gasteiger partial charge in [0.25, 0.3) is 5.91 Å². The highest BCUT2D eigenvalue weighted by Gasteiger charge is 2.20. The summed E-state index contributed by atoms with van der Waals surface area (Å²) in [5.74, 6) is 0.668. The van der Waals surface area contributed by atoms with Crippen molar-refractivity contribution in [3.8, 4) is 5.82 Å². The monoisotopic (exact) mass is 396 g/mol. The molecule has 0 aliphatic carbocycles. The minimum absolute atomic E-state index is 0.0948. The number of nitrogens with one attached hydrogen (secondary N) is 1. The fourth-order valence-electron chi connectivity index (χ4n) is 3.52. The number of nitrogens with zero attached hydrogens (tertiary/aromatic N) is 5. The summed E-state index contributed by atoms with van der Waals surface area (Å²) in [6.45, 7) is 7.04. The third-order valence-electron chi connectivity index (χ3n) is 5.06. The number of amides is 1. The average Bonchev–Trinajstić information content (AvgIpc) is 3.44. The zero-order valence-electron chi connectivity index (χ0n) is 16.1. The molecule has 0 spiro atoms. The summed E-state index contributed by atoms with van der Waals surface area (Å²) >= 11 is 1.48. The molecule has 4 rings (SSSR count). The standard InChI is InChI=1S/C20H24N6OS/c1-14(16-11-23-26(15(16)2)18-7-3-4-8-21-18)24-20(27)17-12-22-19(28-17)13-25-9-5-6-10-25/h3-4,7-8,11-12,14H,5-6,9-10,13H2,1-2H3,(H,24,27)/t14-/m0/s1. The van der Waals surface area contributed by atoms with Gasteiger partial charge in [0.2, 0.25) is 0 Å². The summed E-state index contributed by atoms with van der Waals surface area (Å²) in [6, 6.07) is 5.55. The predicted molar refractivity (Wildman–Crippen MR) is 109 cm³/mol. The minimum Gasteiger partial charge on any atom is -0.345 e. The Kier molecular flexibility index (Phi) is 5.50. The van der Waals surface area contributed by atoms with Crippen LogP contribution in [0.3, 0.4) is 0 Å². The number of carbonyl (C=O) groups is 1. The number of carbonyl (C=O) groups excluding carboxylic acids is 1. The normalized spacial score (nSPS) is 15.6. The first kappa shape index (κ1) is 18.8. The van der Waals surface area contributed by atoms with Crippen molar-refractivity contribution in [1.82, 2.24) is 30.0 Å². The van der Waals surface area contributed by atoms with Gasteiger partial charge in [-0.25, -0.2) is 14.6 Å². The lowest BCUT2D eigenvalue weighted by atomic mass is 10.1. The van der Waals surface area contributed by atoms with Crippen molar-refractivity contribution in [1.29, 1.82) is 0 Å². The van der Waals surface area contributed by atoms with Crippen LogP contribution in [-0.2, 0) is 6.54 Å². The van der Waals surface area contributed by atoms with Gasteiger partial charge in [-0.3, -0.25) is 9.69 Å². The first-order valence-electron chi connectivity index (χ1n) is 9.55. The molecule has 0 bridgehead atoms. The SMILES string of the molecule is Cc1c([C@H](C)NC(=O)c2cnc(CN3CCCC3)s2)cnn1-c1ccccn1. The summed E-state index contributed by atoms with van der Waals surface area (Å²) in [7, 11) is 0. The highest BCUT2D eigenvalue weighted by molar-refractivity contribution is 7.13. The second-order valence-electron chi connectivity index (χ2n) is 7.08. The number of aromatic nitrogens is 4. The van der Waals surface area contributed by atoms with Crippen LogP contribution in [0.25, 0.3) is 5.82 Å². The fourth-order valence-corrected chi connectivity index (χ4v) is 4.39. The molecule has 4 heterocycles. The van der Waals surface area contributed by atoms with Gasteiger partial charge in [0, 0.05) is 17.5 Å². The van der Waals surface area contributed by atoms with E-state index in [1.54, 1.807) is 23.3 Å². The van der Waals surface area contributed by atoms with E-state index in [0.717, 1.165) is 41.7 Å². The topological polar surface area (TPSA) is 75.9 Å².